The van der Waals surface area contributed by atoms with Gasteiger partial charge in [-0.3, -0.25) is 0 Å². The molecule has 3 aromatic carbocycles. The zero-order valence-electron chi connectivity index (χ0n) is 19.0. The number of nitrogen functional groups attached to an aromatic ring is 1. The Balaban J connectivity index is 0.000000255. The summed E-state index contributed by atoms with van der Waals surface area (Å²) in [7, 11) is 1.83. The van der Waals surface area contributed by atoms with Gasteiger partial charge in [-0.1, -0.05) is 86.8 Å². The molecule has 4 rings (SSSR count). The summed E-state index contributed by atoms with van der Waals surface area (Å²) >= 11 is 12.5. The molecule has 0 amide bonds. The molecular weight excluding hydrogens is 439 g/mol. The van der Waals surface area contributed by atoms with Crippen LogP contribution in [0.1, 0.15) is 32.8 Å². The Hall–Kier alpha value is -2.82. The van der Waals surface area contributed by atoms with Crippen molar-refractivity contribution in [3.8, 4) is 11.4 Å². The van der Waals surface area contributed by atoms with E-state index in [2.05, 4.69) is 28.3 Å². The number of nitrogens with zero attached hydrogens (tertiary/aromatic N) is 2. The van der Waals surface area contributed by atoms with Crippen LogP contribution in [0.2, 0.25) is 10.0 Å². The molecule has 4 nitrogen and oxygen atoms in total. The van der Waals surface area contributed by atoms with Crippen molar-refractivity contribution in [1.82, 2.24) is 9.97 Å². The molecule has 0 aliphatic heterocycles. The fraction of sp³-hybridized carbons (Fsp3) is 0.231. The van der Waals surface area contributed by atoms with Crippen molar-refractivity contribution in [1.29, 1.82) is 0 Å². The van der Waals surface area contributed by atoms with E-state index in [-0.39, 0.29) is 0 Å². The number of aryl methyl sites for hydroxylation is 1. The molecule has 0 saturated carbocycles. The Morgan fingerprint density at radius 2 is 1.47 bits per heavy atom. The average molecular weight is 469 g/mol. The van der Waals surface area contributed by atoms with E-state index in [1.165, 1.54) is 5.56 Å². The Kier molecular flexibility index (Phi) is 10.3. The van der Waals surface area contributed by atoms with Crippen molar-refractivity contribution < 1.29 is 0 Å². The van der Waals surface area contributed by atoms with Crippen LogP contribution in [-0.2, 0) is 6.42 Å². The molecule has 0 aliphatic carbocycles. The highest BCUT2D eigenvalue weighted by Gasteiger charge is 2.14. The third kappa shape index (κ3) is 6.35. The second-order valence-corrected chi connectivity index (χ2v) is 7.52. The largest absolute Gasteiger partial charge is 0.399 e. The molecule has 6 heteroatoms. The van der Waals surface area contributed by atoms with Crippen LogP contribution in [-0.4, -0.2) is 17.0 Å². The molecular formula is C26H30Cl2N4. The summed E-state index contributed by atoms with van der Waals surface area (Å²) in [5.74, 6) is 1.27. The predicted molar refractivity (Wildman–Crippen MR) is 141 cm³/mol. The SMILES string of the molecule is CC.CCCc1ccccc1N.CNc1nc(-c2c(Cl)cccc2Cl)nc2ccccc12. The van der Waals surface area contributed by atoms with Crippen LogP contribution in [0.3, 0.4) is 0 Å². The first-order valence-electron chi connectivity index (χ1n) is 10.8. The maximum atomic E-state index is 6.23. The van der Waals surface area contributed by atoms with E-state index in [0.29, 0.717) is 21.4 Å². The molecule has 0 saturated heterocycles. The number of hydrogen-bond donors (Lipinski definition) is 2. The molecule has 0 aliphatic rings. The van der Waals surface area contributed by atoms with E-state index in [9.17, 15) is 0 Å². The molecule has 1 heterocycles. The van der Waals surface area contributed by atoms with E-state index in [1.807, 2.05) is 63.4 Å². The molecule has 32 heavy (non-hydrogen) atoms. The third-order valence-corrected chi connectivity index (χ3v) is 5.23. The summed E-state index contributed by atoms with van der Waals surface area (Å²) in [4.78, 5) is 9.08. The number of halogens is 2. The Morgan fingerprint density at radius 1 is 0.844 bits per heavy atom. The fourth-order valence-corrected chi connectivity index (χ4v) is 3.69. The molecule has 168 valence electrons. The Labute approximate surface area is 200 Å². The summed E-state index contributed by atoms with van der Waals surface area (Å²) < 4.78 is 0. The van der Waals surface area contributed by atoms with Crippen LogP contribution in [0.4, 0.5) is 11.5 Å². The summed E-state index contributed by atoms with van der Waals surface area (Å²) in [5.41, 5.74) is 9.39. The number of aromatic nitrogens is 2. The maximum absolute atomic E-state index is 6.23. The van der Waals surface area contributed by atoms with E-state index in [4.69, 9.17) is 28.9 Å². The van der Waals surface area contributed by atoms with Gasteiger partial charge in [-0.2, -0.15) is 0 Å². The van der Waals surface area contributed by atoms with Crippen LogP contribution < -0.4 is 11.1 Å². The summed E-state index contributed by atoms with van der Waals surface area (Å²) in [5, 5.41) is 5.12. The van der Waals surface area contributed by atoms with Gasteiger partial charge in [0.25, 0.3) is 0 Å². The Morgan fingerprint density at radius 3 is 2.09 bits per heavy atom. The van der Waals surface area contributed by atoms with Gasteiger partial charge in [-0.15, -0.1) is 0 Å². The summed E-state index contributed by atoms with van der Waals surface area (Å²) in [6, 6.07) is 21.2. The molecule has 0 bridgehead atoms. The second-order valence-electron chi connectivity index (χ2n) is 6.71. The van der Waals surface area contributed by atoms with Crippen molar-refractivity contribution in [2.45, 2.75) is 33.6 Å². The van der Waals surface area contributed by atoms with Crippen molar-refractivity contribution in [2.75, 3.05) is 18.1 Å². The molecule has 3 N–H and O–H groups in total. The van der Waals surface area contributed by atoms with Gasteiger partial charge >= 0.3 is 0 Å². The molecule has 0 spiro atoms. The molecule has 0 atom stereocenters. The molecule has 4 aromatic rings. The van der Waals surface area contributed by atoms with Crippen molar-refractivity contribution in [3.63, 3.8) is 0 Å². The van der Waals surface area contributed by atoms with Gasteiger partial charge < -0.3 is 11.1 Å². The zero-order chi connectivity index (χ0) is 23.5. The van der Waals surface area contributed by atoms with E-state index < -0.39 is 0 Å². The van der Waals surface area contributed by atoms with Crippen LogP contribution in [0.25, 0.3) is 22.3 Å². The number of para-hydroxylation sites is 2. The minimum absolute atomic E-state index is 0.517. The molecule has 0 unspecified atom stereocenters. The zero-order valence-corrected chi connectivity index (χ0v) is 20.5. The normalized spacial score (nSPS) is 9.94. The number of nitrogens with one attached hydrogen (secondary N) is 1. The monoisotopic (exact) mass is 468 g/mol. The van der Waals surface area contributed by atoms with Gasteiger partial charge in [0.15, 0.2) is 5.82 Å². The van der Waals surface area contributed by atoms with Gasteiger partial charge in [0.05, 0.1) is 21.1 Å². The number of nitrogens with two attached hydrogens (primary N) is 1. The Bertz CT molecular complexity index is 1130. The third-order valence-electron chi connectivity index (χ3n) is 4.60. The van der Waals surface area contributed by atoms with Crippen LogP contribution in [0.15, 0.2) is 66.7 Å². The van der Waals surface area contributed by atoms with Crippen molar-refractivity contribution in [3.05, 3.63) is 82.3 Å². The topological polar surface area (TPSA) is 63.8 Å². The van der Waals surface area contributed by atoms with Crippen LogP contribution >= 0.6 is 23.2 Å². The lowest BCUT2D eigenvalue weighted by Crippen LogP contribution is -1.99. The van der Waals surface area contributed by atoms with E-state index in [0.717, 1.165) is 35.2 Å². The first kappa shape index (κ1) is 25.4. The van der Waals surface area contributed by atoms with Crippen molar-refractivity contribution in [2.24, 2.45) is 0 Å². The van der Waals surface area contributed by atoms with E-state index >= 15 is 0 Å². The van der Waals surface area contributed by atoms with Gasteiger partial charge in [-0.25, -0.2) is 9.97 Å². The second kappa shape index (κ2) is 12.9. The lowest BCUT2D eigenvalue weighted by molar-refractivity contribution is 0.924. The van der Waals surface area contributed by atoms with Gasteiger partial charge in [0.1, 0.15) is 5.82 Å². The molecule has 0 radical (unpaired) electrons. The highest BCUT2D eigenvalue weighted by Crippen LogP contribution is 2.34. The minimum atomic E-state index is 0.517. The fourth-order valence-electron chi connectivity index (χ4n) is 3.12. The number of hydrogen-bond acceptors (Lipinski definition) is 4. The standard InChI is InChI=1S/C15H11Cl2N3.C9H13N.C2H6/c1-18-14-9-5-2-3-8-12(9)19-15(20-14)13-10(16)6-4-7-11(13)17;1-2-5-8-6-3-4-7-9(8)10;1-2/h2-8H,1H3,(H,18,19,20);3-4,6-7H,2,5,10H2,1H3;1-2H3. The summed E-state index contributed by atoms with van der Waals surface area (Å²) in [6.45, 7) is 6.16. The maximum Gasteiger partial charge on any atom is 0.165 e. The lowest BCUT2D eigenvalue weighted by Gasteiger charge is -2.10. The number of fused-ring (bicyclic) bond motifs is 1. The molecule has 1 aromatic heterocycles. The minimum Gasteiger partial charge on any atom is -0.399 e. The smallest absolute Gasteiger partial charge is 0.165 e. The van der Waals surface area contributed by atoms with Crippen LogP contribution in [0, 0.1) is 0 Å². The lowest BCUT2D eigenvalue weighted by atomic mass is 10.1. The van der Waals surface area contributed by atoms with Crippen LogP contribution in [0.5, 0.6) is 0 Å². The van der Waals surface area contributed by atoms with Gasteiger partial charge in [0.2, 0.25) is 0 Å². The highest BCUT2D eigenvalue weighted by molar-refractivity contribution is 6.39. The number of rotatable bonds is 4. The number of benzene rings is 3. The van der Waals surface area contributed by atoms with E-state index in [1.54, 1.807) is 18.2 Å². The average Bonchev–Trinajstić information content (AvgIpc) is 2.82. The molecule has 0 fully saturated rings. The van der Waals surface area contributed by atoms with Crippen molar-refractivity contribution >= 4 is 45.6 Å². The quantitative estimate of drug-likeness (QED) is 0.298. The predicted octanol–water partition coefficient (Wildman–Crippen LogP) is 7.89. The van der Waals surface area contributed by atoms with Gasteiger partial charge in [-0.05, 0) is 42.3 Å². The number of anilines is 2. The first-order chi connectivity index (χ1) is 15.5. The van der Waals surface area contributed by atoms with Gasteiger partial charge in [0, 0.05) is 18.1 Å². The highest BCUT2D eigenvalue weighted by atomic mass is 35.5. The first-order valence-corrected chi connectivity index (χ1v) is 11.5. The summed E-state index contributed by atoms with van der Waals surface area (Å²) in [6.07, 6.45) is 2.25.